The van der Waals surface area contributed by atoms with Gasteiger partial charge in [0.25, 0.3) is 5.69 Å². The van der Waals surface area contributed by atoms with E-state index in [1.54, 1.807) is 18.2 Å². The number of halogens is 1. The van der Waals surface area contributed by atoms with E-state index in [4.69, 9.17) is 5.73 Å². The van der Waals surface area contributed by atoms with Crippen LogP contribution in [0.15, 0.2) is 24.3 Å². The zero-order valence-corrected chi connectivity index (χ0v) is 10.6. The molecule has 7 heteroatoms. The first-order chi connectivity index (χ1) is 8.15. The smallest absolute Gasteiger partial charge is 0.274 e. The molecule has 1 rings (SSSR count). The normalized spacial score (nSPS) is 9.39. The maximum Gasteiger partial charge on any atom is 0.274 e. The predicted octanol–water partition coefficient (Wildman–Crippen LogP) is 1.37. The fourth-order valence-electron chi connectivity index (χ4n) is 1.38. The first-order valence-corrected chi connectivity index (χ1v) is 5.34. The second kappa shape index (κ2) is 8.43. The number of nitro groups is 1. The molecule has 0 heterocycles. The minimum atomic E-state index is -0.457. The van der Waals surface area contributed by atoms with Crippen LogP contribution in [0.1, 0.15) is 18.4 Å². The van der Waals surface area contributed by atoms with E-state index in [-0.39, 0.29) is 30.5 Å². The Morgan fingerprint density at radius 3 is 2.67 bits per heavy atom. The van der Waals surface area contributed by atoms with E-state index in [1.165, 1.54) is 6.07 Å². The van der Waals surface area contributed by atoms with E-state index in [0.717, 1.165) is 0 Å². The quantitative estimate of drug-likeness (QED) is 0.604. The summed E-state index contributed by atoms with van der Waals surface area (Å²) in [5.41, 5.74) is 5.80. The van der Waals surface area contributed by atoms with Crippen LogP contribution in [0, 0.1) is 10.1 Å². The van der Waals surface area contributed by atoms with Gasteiger partial charge in [0, 0.05) is 24.6 Å². The number of amides is 1. The Balaban J connectivity index is 0.00000289. The lowest BCUT2D eigenvalue weighted by molar-refractivity contribution is -0.385. The number of rotatable bonds is 6. The van der Waals surface area contributed by atoms with Crippen LogP contribution < -0.4 is 11.1 Å². The molecule has 0 fully saturated rings. The molecule has 1 aromatic rings. The Morgan fingerprint density at radius 1 is 1.39 bits per heavy atom. The minimum absolute atomic E-state index is 0. The van der Waals surface area contributed by atoms with Crippen molar-refractivity contribution in [3.63, 3.8) is 0 Å². The third-order valence-electron chi connectivity index (χ3n) is 2.27. The maximum atomic E-state index is 11.3. The molecule has 0 saturated heterocycles. The molecule has 0 saturated carbocycles. The van der Waals surface area contributed by atoms with Gasteiger partial charge in [0.15, 0.2) is 0 Å². The van der Waals surface area contributed by atoms with Crippen molar-refractivity contribution in [2.45, 2.75) is 19.4 Å². The van der Waals surface area contributed by atoms with Crippen LogP contribution in [0.5, 0.6) is 0 Å². The lowest BCUT2D eigenvalue weighted by atomic mass is 10.2. The lowest BCUT2D eigenvalue weighted by Gasteiger charge is -2.05. The molecule has 0 spiro atoms. The molecule has 0 atom stereocenters. The van der Waals surface area contributed by atoms with Crippen LogP contribution in [0.3, 0.4) is 0 Å². The van der Waals surface area contributed by atoms with E-state index in [2.05, 4.69) is 5.32 Å². The molecule has 0 aliphatic carbocycles. The summed E-state index contributed by atoms with van der Waals surface area (Å²) in [6, 6.07) is 6.34. The molecular formula is C11H16ClN3O3. The van der Waals surface area contributed by atoms with Crippen molar-refractivity contribution in [3.8, 4) is 0 Å². The van der Waals surface area contributed by atoms with Gasteiger partial charge in [-0.1, -0.05) is 18.2 Å². The summed E-state index contributed by atoms with van der Waals surface area (Å²) in [4.78, 5) is 21.6. The molecule has 0 radical (unpaired) electrons. The first kappa shape index (κ1) is 16.3. The first-order valence-electron chi connectivity index (χ1n) is 5.34. The Labute approximate surface area is 111 Å². The van der Waals surface area contributed by atoms with Gasteiger partial charge in [0.2, 0.25) is 5.91 Å². The second-order valence-corrected chi connectivity index (χ2v) is 3.55. The van der Waals surface area contributed by atoms with Gasteiger partial charge in [0.1, 0.15) is 0 Å². The van der Waals surface area contributed by atoms with Gasteiger partial charge < -0.3 is 11.1 Å². The van der Waals surface area contributed by atoms with Crippen LogP contribution in [0.4, 0.5) is 5.69 Å². The van der Waals surface area contributed by atoms with Crippen molar-refractivity contribution >= 4 is 24.0 Å². The van der Waals surface area contributed by atoms with Crippen LogP contribution >= 0.6 is 12.4 Å². The third-order valence-corrected chi connectivity index (χ3v) is 2.27. The molecule has 6 nitrogen and oxygen atoms in total. The van der Waals surface area contributed by atoms with Gasteiger partial charge in [-0.25, -0.2) is 0 Å². The molecule has 0 bridgehead atoms. The Hall–Kier alpha value is -1.66. The van der Waals surface area contributed by atoms with Gasteiger partial charge >= 0.3 is 0 Å². The number of nitrogens with zero attached hydrogens (tertiary/aromatic N) is 1. The topological polar surface area (TPSA) is 98.3 Å². The van der Waals surface area contributed by atoms with E-state index in [1.807, 2.05) is 0 Å². The van der Waals surface area contributed by atoms with Crippen molar-refractivity contribution in [2.24, 2.45) is 5.73 Å². The minimum Gasteiger partial charge on any atom is -0.352 e. The van der Waals surface area contributed by atoms with E-state index < -0.39 is 4.92 Å². The molecule has 18 heavy (non-hydrogen) atoms. The average molecular weight is 274 g/mol. The third kappa shape index (κ3) is 5.11. The Morgan fingerprint density at radius 2 is 2.06 bits per heavy atom. The van der Waals surface area contributed by atoms with Gasteiger partial charge in [-0.3, -0.25) is 14.9 Å². The van der Waals surface area contributed by atoms with Crippen LogP contribution in [-0.2, 0) is 11.3 Å². The zero-order valence-electron chi connectivity index (χ0n) is 9.80. The zero-order chi connectivity index (χ0) is 12.7. The summed E-state index contributed by atoms with van der Waals surface area (Å²) in [6.45, 7) is 0.624. The monoisotopic (exact) mass is 273 g/mol. The number of nitro benzene ring substituents is 1. The highest BCUT2D eigenvalue weighted by Gasteiger charge is 2.12. The van der Waals surface area contributed by atoms with Crippen molar-refractivity contribution in [2.75, 3.05) is 6.54 Å². The lowest BCUT2D eigenvalue weighted by Crippen LogP contribution is -2.23. The van der Waals surface area contributed by atoms with Crippen molar-refractivity contribution in [3.05, 3.63) is 39.9 Å². The molecule has 0 aliphatic heterocycles. The molecular weight excluding hydrogens is 258 g/mol. The maximum absolute atomic E-state index is 11.3. The number of hydrogen-bond donors (Lipinski definition) is 2. The highest BCUT2D eigenvalue weighted by molar-refractivity contribution is 5.85. The highest BCUT2D eigenvalue weighted by Crippen LogP contribution is 2.16. The SMILES string of the molecule is Cl.NCCCC(=O)NCc1ccccc1[N+](=O)[O-]. The fraction of sp³-hybridized carbons (Fsp3) is 0.364. The number of benzene rings is 1. The summed E-state index contributed by atoms with van der Waals surface area (Å²) < 4.78 is 0. The van der Waals surface area contributed by atoms with Crippen LogP contribution in [-0.4, -0.2) is 17.4 Å². The van der Waals surface area contributed by atoms with E-state index >= 15 is 0 Å². The standard InChI is InChI=1S/C11H15N3O3.ClH/c12-7-3-6-11(15)13-8-9-4-1-2-5-10(9)14(16)17;/h1-2,4-5H,3,6-8,12H2,(H,13,15);1H. The molecule has 0 unspecified atom stereocenters. The van der Waals surface area contributed by atoms with Crippen LogP contribution in [0.2, 0.25) is 0 Å². The summed E-state index contributed by atoms with van der Waals surface area (Å²) in [5.74, 6) is -0.145. The predicted molar refractivity (Wildman–Crippen MR) is 70.5 cm³/mol. The van der Waals surface area contributed by atoms with Crippen molar-refractivity contribution in [1.29, 1.82) is 0 Å². The Bertz CT molecular complexity index is 412. The van der Waals surface area contributed by atoms with Gasteiger partial charge in [0.05, 0.1) is 4.92 Å². The summed E-state index contributed by atoms with van der Waals surface area (Å²) in [7, 11) is 0. The number of para-hydroxylation sites is 1. The van der Waals surface area contributed by atoms with Gasteiger partial charge in [-0.05, 0) is 13.0 Å². The molecule has 0 aliphatic rings. The Kier molecular flexibility index (Phi) is 7.66. The number of carbonyl (C=O) groups excluding carboxylic acids is 1. The number of nitrogens with one attached hydrogen (secondary N) is 1. The van der Waals surface area contributed by atoms with E-state index in [0.29, 0.717) is 24.9 Å². The number of carbonyl (C=O) groups is 1. The summed E-state index contributed by atoms with van der Waals surface area (Å²) in [5, 5.41) is 13.3. The fourth-order valence-corrected chi connectivity index (χ4v) is 1.38. The largest absolute Gasteiger partial charge is 0.352 e. The number of hydrogen-bond acceptors (Lipinski definition) is 4. The van der Waals surface area contributed by atoms with Crippen LogP contribution in [0.25, 0.3) is 0 Å². The molecule has 1 aromatic carbocycles. The molecule has 100 valence electrons. The highest BCUT2D eigenvalue weighted by atomic mass is 35.5. The van der Waals surface area contributed by atoms with E-state index in [9.17, 15) is 14.9 Å². The summed E-state index contributed by atoms with van der Waals surface area (Å²) in [6.07, 6.45) is 0.958. The molecule has 1 amide bonds. The van der Waals surface area contributed by atoms with Crippen molar-refractivity contribution < 1.29 is 9.72 Å². The van der Waals surface area contributed by atoms with Gasteiger partial charge in [-0.15, -0.1) is 12.4 Å². The molecule has 0 aromatic heterocycles. The summed E-state index contributed by atoms with van der Waals surface area (Å²) >= 11 is 0. The second-order valence-electron chi connectivity index (χ2n) is 3.55. The average Bonchev–Trinajstić information content (AvgIpc) is 2.34. The van der Waals surface area contributed by atoms with Crippen molar-refractivity contribution in [1.82, 2.24) is 5.32 Å². The van der Waals surface area contributed by atoms with Gasteiger partial charge in [-0.2, -0.15) is 0 Å². The molecule has 3 N–H and O–H groups in total. The number of nitrogens with two attached hydrogens (primary N) is 1.